The van der Waals surface area contributed by atoms with Gasteiger partial charge in [-0.1, -0.05) is 0 Å². The summed E-state index contributed by atoms with van der Waals surface area (Å²) in [5.41, 5.74) is 0. The molecule has 62 valence electrons. The summed E-state index contributed by atoms with van der Waals surface area (Å²) in [7, 11) is 0. The zero-order valence-electron chi connectivity index (χ0n) is 5.94. The summed E-state index contributed by atoms with van der Waals surface area (Å²) in [6.07, 6.45) is -0.167. The molecule has 7 heteroatoms. The average Bonchev–Trinajstić information content (AvgIpc) is 1.25. The van der Waals surface area contributed by atoms with Crippen LogP contribution in [0.1, 0.15) is 13.8 Å². The quantitative estimate of drug-likeness (QED) is 0.432. The van der Waals surface area contributed by atoms with Crippen LogP contribution >= 0.6 is 0 Å². The first kappa shape index (κ1) is 22.4. The second-order valence-electron chi connectivity index (χ2n) is 1.33. The van der Waals surface area contributed by atoms with Crippen molar-refractivity contribution < 1.29 is 57.1 Å². The van der Waals surface area contributed by atoms with Gasteiger partial charge in [-0.05, 0) is 13.8 Å². The van der Waals surface area contributed by atoms with Gasteiger partial charge in [-0.25, -0.2) is 0 Å². The van der Waals surface area contributed by atoms with Crippen LogP contribution in [0.4, 0.5) is 0 Å². The molecule has 0 unspecified atom stereocenters. The number of aliphatic hydroxyl groups is 1. The second kappa shape index (κ2) is 16.2. The van der Waals surface area contributed by atoms with Crippen LogP contribution in [0.5, 0.6) is 0 Å². The molecule has 0 aromatic carbocycles. The van der Waals surface area contributed by atoms with Crippen LogP contribution in [-0.4, -0.2) is 21.5 Å². The molecule has 0 aromatic rings. The van der Waals surface area contributed by atoms with Gasteiger partial charge in [0.25, 0.3) is 5.09 Å². The van der Waals surface area contributed by atoms with E-state index in [0.29, 0.717) is 0 Å². The van der Waals surface area contributed by atoms with Crippen LogP contribution < -0.4 is 6.15 Å². The third-order valence-electron chi connectivity index (χ3n) is 0. The molecule has 5 N–H and O–H groups in total. The van der Waals surface area contributed by atoms with Gasteiger partial charge in [-0.3, -0.25) is 0 Å². The van der Waals surface area contributed by atoms with Gasteiger partial charge in [0.15, 0.2) is 0 Å². The Labute approximate surface area is 92.7 Å². The van der Waals surface area contributed by atoms with E-state index in [9.17, 15) is 0 Å². The normalized spacial score (nSPS) is 6.00. The molecule has 0 bridgehead atoms. The van der Waals surface area contributed by atoms with Crippen molar-refractivity contribution in [1.82, 2.24) is 6.15 Å². The molecule has 6 nitrogen and oxygen atoms in total. The molecular formula is C3H12CeN2O4. The molecule has 0 atom stereocenters. The molecule has 0 aliphatic rings. The van der Waals surface area contributed by atoms with E-state index in [4.69, 9.17) is 20.4 Å². The van der Waals surface area contributed by atoms with Crippen LogP contribution in [0.2, 0.25) is 0 Å². The number of hydrogen-bond donors (Lipinski definition) is 3. The number of aliphatic hydroxyl groups excluding tert-OH is 1. The van der Waals surface area contributed by atoms with Crippen molar-refractivity contribution in [3.63, 3.8) is 0 Å². The van der Waals surface area contributed by atoms with Gasteiger partial charge in [-0.15, -0.1) is 10.1 Å². The molecule has 0 heterocycles. The van der Waals surface area contributed by atoms with Gasteiger partial charge >= 0.3 is 0 Å². The molecule has 10 heavy (non-hydrogen) atoms. The molecule has 0 aromatic heterocycles. The number of nitrogens with zero attached hydrogens (tertiary/aromatic N) is 1. The third kappa shape index (κ3) is 1940. The van der Waals surface area contributed by atoms with Gasteiger partial charge in [0, 0.05) is 47.9 Å². The van der Waals surface area contributed by atoms with Gasteiger partial charge in [0.05, 0.1) is 0 Å². The Hall–Kier alpha value is 0.497. The van der Waals surface area contributed by atoms with Crippen LogP contribution in [-0.2, 0) is 0 Å². The molecule has 0 aliphatic heterocycles. The van der Waals surface area contributed by atoms with Crippen molar-refractivity contribution in [2.24, 2.45) is 0 Å². The second-order valence-corrected chi connectivity index (χ2v) is 1.33. The first-order valence-electron chi connectivity index (χ1n) is 1.98. The predicted octanol–water partition coefficient (Wildman–Crippen LogP) is 0.201. The molecule has 0 spiro atoms. The maximum absolute atomic E-state index is 8.36. The number of hydrogen-bond acceptors (Lipinski definition) is 4. The van der Waals surface area contributed by atoms with E-state index in [-0.39, 0.29) is 54.0 Å². The van der Waals surface area contributed by atoms with Crippen molar-refractivity contribution >= 4 is 0 Å². The first-order valence-corrected chi connectivity index (χ1v) is 1.98. The van der Waals surface area contributed by atoms with Crippen LogP contribution in [0.15, 0.2) is 0 Å². The van der Waals surface area contributed by atoms with E-state index in [1.807, 2.05) is 0 Å². The molecule has 0 radical (unpaired) electrons. The van der Waals surface area contributed by atoms with E-state index in [2.05, 4.69) is 0 Å². The topological polar surface area (TPSA) is 119 Å². The zero-order chi connectivity index (χ0) is 7.15. The monoisotopic (exact) mass is 280 g/mol. The van der Waals surface area contributed by atoms with Crippen LogP contribution in [0, 0.1) is 51.9 Å². The smallest absolute Gasteiger partial charge is 0.291 e. The molecule has 0 rings (SSSR count). The molecule has 0 fully saturated rings. The fourth-order valence-corrected chi connectivity index (χ4v) is 0. The Bertz CT molecular complexity index is 62.8. The van der Waals surface area contributed by atoms with Gasteiger partial charge < -0.3 is 16.5 Å². The Morgan fingerprint density at radius 1 is 1.50 bits per heavy atom. The summed E-state index contributed by atoms with van der Waals surface area (Å²) < 4.78 is 0. The maximum Gasteiger partial charge on any atom is 0.291 e. The van der Waals surface area contributed by atoms with E-state index in [1.165, 1.54) is 0 Å². The summed E-state index contributed by atoms with van der Waals surface area (Å²) in [5, 5.41) is 21.7. The Balaban J connectivity index is -0.0000000300. The summed E-state index contributed by atoms with van der Waals surface area (Å²) in [5.74, 6) is 0. The summed E-state index contributed by atoms with van der Waals surface area (Å²) in [6.45, 7) is 3.44. The summed E-state index contributed by atoms with van der Waals surface area (Å²) in [4.78, 5) is 8.36. The zero-order valence-corrected chi connectivity index (χ0v) is 9.08. The Morgan fingerprint density at radius 2 is 1.50 bits per heavy atom. The predicted molar refractivity (Wildman–Crippen MR) is 31.2 cm³/mol. The van der Waals surface area contributed by atoms with E-state index >= 15 is 0 Å². The third-order valence-corrected chi connectivity index (χ3v) is 0. The minimum atomic E-state index is -1.50. The molecule has 0 aliphatic carbocycles. The Morgan fingerprint density at radius 3 is 1.50 bits per heavy atom. The van der Waals surface area contributed by atoms with Crippen LogP contribution in [0.25, 0.3) is 0 Å². The van der Waals surface area contributed by atoms with Crippen molar-refractivity contribution in [2.75, 3.05) is 0 Å². The maximum atomic E-state index is 8.36. The Kier molecular flexibility index (Phi) is 36.4. The van der Waals surface area contributed by atoms with E-state index in [1.54, 1.807) is 13.8 Å². The summed E-state index contributed by atoms with van der Waals surface area (Å²) >= 11 is 0. The van der Waals surface area contributed by atoms with Crippen molar-refractivity contribution in [3.05, 3.63) is 10.1 Å². The van der Waals surface area contributed by atoms with Gasteiger partial charge in [0.1, 0.15) is 0 Å². The van der Waals surface area contributed by atoms with Crippen molar-refractivity contribution in [3.8, 4) is 0 Å². The first-order chi connectivity index (χ1) is 3.46. The minimum absolute atomic E-state index is 0. The molecular weight excluding hydrogens is 268 g/mol. The van der Waals surface area contributed by atoms with E-state index in [0.717, 1.165) is 0 Å². The van der Waals surface area contributed by atoms with Gasteiger partial charge in [-0.2, -0.15) is 0 Å². The van der Waals surface area contributed by atoms with Crippen LogP contribution in [0.3, 0.4) is 0 Å². The molecule has 0 saturated carbocycles. The number of rotatable bonds is 0. The SMILES string of the molecule is CC(C)O.N.O=[N+]([O-])O.[Ce]. The average molecular weight is 280 g/mol. The van der Waals surface area contributed by atoms with E-state index < -0.39 is 5.09 Å². The molecule has 0 amide bonds. The fourth-order valence-electron chi connectivity index (χ4n) is 0. The largest absolute Gasteiger partial charge is 0.394 e. The van der Waals surface area contributed by atoms with Crippen molar-refractivity contribution in [1.29, 1.82) is 0 Å². The standard InChI is InChI=1S/C3H8O.Ce.HNO3.H3N/c1-3(2)4;;2-1(3)4;/h3-4H,1-2H3;;(H,2,3,4);1H3. The summed E-state index contributed by atoms with van der Waals surface area (Å²) in [6, 6.07) is 0. The fraction of sp³-hybridized carbons (Fsp3) is 1.00. The van der Waals surface area contributed by atoms with Crippen molar-refractivity contribution in [2.45, 2.75) is 20.0 Å². The molecule has 0 saturated heterocycles. The van der Waals surface area contributed by atoms with Gasteiger partial charge in [0.2, 0.25) is 0 Å². The minimum Gasteiger partial charge on any atom is -0.394 e.